The third-order valence-corrected chi connectivity index (χ3v) is 4.85. The first-order valence-electron chi connectivity index (χ1n) is 9.20. The van der Waals surface area contributed by atoms with Gasteiger partial charge in [-0.1, -0.05) is 36.7 Å². The van der Waals surface area contributed by atoms with E-state index in [9.17, 15) is 4.79 Å². The molecule has 0 saturated heterocycles. The SMILES string of the molecule is CCc1c(C(=O)Nc2cc3c(cc2Cl)OCCCO3)cnn1-c1ccccc1. The Morgan fingerprint density at radius 2 is 1.89 bits per heavy atom. The van der Waals surface area contributed by atoms with E-state index in [2.05, 4.69) is 10.4 Å². The summed E-state index contributed by atoms with van der Waals surface area (Å²) in [7, 11) is 0. The molecule has 4 rings (SSSR count). The van der Waals surface area contributed by atoms with Gasteiger partial charge in [-0.15, -0.1) is 0 Å². The Bertz CT molecular complexity index is 1000. The minimum absolute atomic E-state index is 0.268. The number of ether oxygens (including phenoxy) is 2. The number of anilines is 1. The molecular weight excluding hydrogens is 378 g/mol. The van der Waals surface area contributed by atoms with Gasteiger partial charge in [-0.3, -0.25) is 4.79 Å². The van der Waals surface area contributed by atoms with Crippen LogP contribution in [0.1, 0.15) is 29.4 Å². The van der Waals surface area contributed by atoms with Crippen molar-refractivity contribution in [2.45, 2.75) is 19.8 Å². The summed E-state index contributed by atoms with van der Waals surface area (Å²) >= 11 is 6.35. The maximum absolute atomic E-state index is 12.9. The monoisotopic (exact) mass is 397 g/mol. The fraction of sp³-hybridized carbons (Fsp3) is 0.238. The van der Waals surface area contributed by atoms with E-state index in [0.29, 0.717) is 47.4 Å². The van der Waals surface area contributed by atoms with Crippen LogP contribution in [-0.4, -0.2) is 28.9 Å². The molecular formula is C21H20ClN3O3. The number of fused-ring (bicyclic) bond motifs is 1. The Labute approximate surface area is 168 Å². The smallest absolute Gasteiger partial charge is 0.259 e. The number of hydrogen-bond acceptors (Lipinski definition) is 4. The molecule has 1 aromatic heterocycles. The van der Waals surface area contributed by atoms with Gasteiger partial charge in [0.05, 0.1) is 47.1 Å². The highest BCUT2D eigenvalue weighted by molar-refractivity contribution is 6.34. The van der Waals surface area contributed by atoms with Crippen LogP contribution in [0.2, 0.25) is 5.02 Å². The second-order valence-electron chi connectivity index (χ2n) is 6.39. The number of carbonyl (C=O) groups excluding carboxylic acids is 1. The normalized spacial score (nSPS) is 13.1. The van der Waals surface area contributed by atoms with Crippen LogP contribution in [0.4, 0.5) is 5.69 Å². The van der Waals surface area contributed by atoms with Gasteiger partial charge in [0, 0.05) is 18.6 Å². The van der Waals surface area contributed by atoms with Crippen molar-refractivity contribution in [3.63, 3.8) is 0 Å². The van der Waals surface area contributed by atoms with Crippen molar-refractivity contribution < 1.29 is 14.3 Å². The lowest BCUT2D eigenvalue weighted by atomic mass is 10.1. The van der Waals surface area contributed by atoms with Gasteiger partial charge in [0.15, 0.2) is 11.5 Å². The number of carbonyl (C=O) groups is 1. The molecule has 0 atom stereocenters. The van der Waals surface area contributed by atoms with E-state index < -0.39 is 0 Å². The van der Waals surface area contributed by atoms with Crippen LogP contribution in [0.15, 0.2) is 48.7 Å². The van der Waals surface area contributed by atoms with Crippen molar-refractivity contribution in [3.8, 4) is 17.2 Å². The lowest BCUT2D eigenvalue weighted by molar-refractivity contribution is 0.102. The zero-order valence-electron chi connectivity index (χ0n) is 15.4. The van der Waals surface area contributed by atoms with Crippen molar-refractivity contribution in [1.82, 2.24) is 9.78 Å². The van der Waals surface area contributed by atoms with Gasteiger partial charge in [-0.25, -0.2) is 4.68 Å². The van der Waals surface area contributed by atoms with Crippen LogP contribution < -0.4 is 14.8 Å². The van der Waals surface area contributed by atoms with Gasteiger partial charge in [-0.2, -0.15) is 5.10 Å². The molecule has 0 saturated carbocycles. The highest BCUT2D eigenvalue weighted by Gasteiger charge is 2.20. The Hall–Kier alpha value is -2.99. The second kappa shape index (κ2) is 7.94. The summed E-state index contributed by atoms with van der Waals surface area (Å²) in [4.78, 5) is 12.9. The average molecular weight is 398 g/mol. The number of para-hydroxylation sites is 1. The molecule has 7 heteroatoms. The predicted molar refractivity (Wildman–Crippen MR) is 108 cm³/mol. The molecule has 2 heterocycles. The van der Waals surface area contributed by atoms with Crippen molar-refractivity contribution in [2.24, 2.45) is 0 Å². The van der Waals surface area contributed by atoms with Gasteiger partial charge in [0.2, 0.25) is 0 Å². The van der Waals surface area contributed by atoms with Crippen molar-refractivity contribution in [3.05, 3.63) is 64.9 Å². The molecule has 0 fully saturated rings. The van der Waals surface area contributed by atoms with E-state index in [1.807, 2.05) is 37.3 Å². The number of halogens is 1. The minimum Gasteiger partial charge on any atom is -0.490 e. The molecule has 0 aliphatic carbocycles. The zero-order valence-corrected chi connectivity index (χ0v) is 16.2. The molecule has 144 valence electrons. The van der Waals surface area contributed by atoms with Crippen LogP contribution >= 0.6 is 11.6 Å². The van der Waals surface area contributed by atoms with Gasteiger partial charge in [0.1, 0.15) is 0 Å². The summed E-state index contributed by atoms with van der Waals surface area (Å²) in [6, 6.07) is 13.1. The van der Waals surface area contributed by atoms with Crippen LogP contribution in [0.3, 0.4) is 0 Å². The van der Waals surface area contributed by atoms with Crippen LogP contribution in [0, 0.1) is 0 Å². The van der Waals surface area contributed by atoms with Gasteiger partial charge in [-0.05, 0) is 18.6 Å². The minimum atomic E-state index is -0.268. The van der Waals surface area contributed by atoms with Crippen LogP contribution in [-0.2, 0) is 6.42 Å². The zero-order chi connectivity index (χ0) is 19.5. The lowest BCUT2D eigenvalue weighted by Gasteiger charge is -2.13. The number of amides is 1. The molecule has 1 amide bonds. The lowest BCUT2D eigenvalue weighted by Crippen LogP contribution is -2.14. The number of nitrogens with zero attached hydrogens (tertiary/aromatic N) is 2. The molecule has 1 N–H and O–H groups in total. The van der Waals surface area contributed by atoms with Gasteiger partial charge < -0.3 is 14.8 Å². The maximum atomic E-state index is 12.9. The Morgan fingerprint density at radius 1 is 1.18 bits per heavy atom. The molecule has 0 bridgehead atoms. The fourth-order valence-electron chi connectivity index (χ4n) is 3.16. The van der Waals surface area contributed by atoms with Crippen molar-refractivity contribution in [2.75, 3.05) is 18.5 Å². The summed E-state index contributed by atoms with van der Waals surface area (Å²) in [5.74, 6) is 0.898. The molecule has 0 unspecified atom stereocenters. The Kier molecular flexibility index (Phi) is 5.21. The number of nitrogens with one attached hydrogen (secondary N) is 1. The van der Waals surface area contributed by atoms with Gasteiger partial charge >= 0.3 is 0 Å². The summed E-state index contributed by atoms with van der Waals surface area (Å²) in [6.07, 6.45) is 3.04. The molecule has 3 aromatic rings. The fourth-order valence-corrected chi connectivity index (χ4v) is 3.37. The number of aromatic nitrogens is 2. The first kappa shape index (κ1) is 18.4. The number of rotatable bonds is 4. The van der Waals surface area contributed by atoms with Crippen molar-refractivity contribution >= 4 is 23.2 Å². The first-order chi connectivity index (χ1) is 13.7. The van der Waals surface area contributed by atoms with E-state index in [0.717, 1.165) is 17.8 Å². The van der Waals surface area contributed by atoms with E-state index in [4.69, 9.17) is 21.1 Å². The summed E-state index contributed by atoms with van der Waals surface area (Å²) in [5, 5.41) is 7.67. The quantitative estimate of drug-likeness (QED) is 0.703. The van der Waals surface area contributed by atoms with Crippen LogP contribution in [0.25, 0.3) is 5.69 Å². The number of benzene rings is 2. The molecule has 0 radical (unpaired) electrons. The standard InChI is InChI=1S/C21H20ClN3O3/c1-2-18-15(13-23-25(18)14-7-4-3-5-8-14)21(26)24-17-12-20-19(11-16(17)22)27-9-6-10-28-20/h3-5,7-8,11-13H,2,6,9-10H2,1H3,(H,24,26). The summed E-state index contributed by atoms with van der Waals surface area (Å²) in [6.45, 7) is 3.13. The largest absolute Gasteiger partial charge is 0.490 e. The topological polar surface area (TPSA) is 65.4 Å². The highest BCUT2D eigenvalue weighted by atomic mass is 35.5. The van der Waals surface area contributed by atoms with Gasteiger partial charge in [0.25, 0.3) is 5.91 Å². The van der Waals surface area contributed by atoms with Crippen LogP contribution in [0.5, 0.6) is 11.5 Å². The molecule has 0 spiro atoms. The first-order valence-corrected chi connectivity index (χ1v) is 9.58. The van der Waals surface area contributed by atoms with E-state index in [1.54, 1.807) is 23.0 Å². The van der Waals surface area contributed by atoms with Crippen molar-refractivity contribution in [1.29, 1.82) is 0 Å². The average Bonchev–Trinajstić information content (AvgIpc) is 3.02. The second-order valence-corrected chi connectivity index (χ2v) is 6.80. The molecule has 2 aromatic carbocycles. The van der Waals surface area contributed by atoms with E-state index in [1.165, 1.54) is 0 Å². The Morgan fingerprint density at radius 3 is 2.61 bits per heavy atom. The predicted octanol–water partition coefficient (Wildman–Crippen LogP) is 4.50. The molecule has 1 aliphatic rings. The molecule has 28 heavy (non-hydrogen) atoms. The summed E-state index contributed by atoms with van der Waals surface area (Å²) < 4.78 is 13.1. The van der Waals surface area contributed by atoms with E-state index in [-0.39, 0.29) is 5.91 Å². The maximum Gasteiger partial charge on any atom is 0.259 e. The molecule has 1 aliphatic heterocycles. The highest BCUT2D eigenvalue weighted by Crippen LogP contribution is 2.38. The third-order valence-electron chi connectivity index (χ3n) is 4.53. The third kappa shape index (κ3) is 3.55. The number of hydrogen-bond donors (Lipinski definition) is 1. The van der Waals surface area contributed by atoms with E-state index >= 15 is 0 Å². The Balaban J connectivity index is 1.63. The molecule has 6 nitrogen and oxygen atoms in total. The summed E-state index contributed by atoms with van der Waals surface area (Å²) in [5.41, 5.74) is 2.72.